The zero-order valence-electron chi connectivity index (χ0n) is 26.4. The molecule has 0 aromatic rings. The Morgan fingerprint density at radius 2 is 0.868 bits per heavy atom. The maximum atomic E-state index is 12.2. The van der Waals surface area contributed by atoms with Crippen molar-refractivity contribution in [1.82, 2.24) is 0 Å². The molecule has 38 heavy (non-hydrogen) atoms. The number of hydrogen-bond donors (Lipinski definition) is 1. The van der Waals surface area contributed by atoms with Crippen LogP contribution in [0.1, 0.15) is 201 Å². The van der Waals surface area contributed by atoms with Gasteiger partial charge in [0.15, 0.2) is 0 Å². The van der Waals surface area contributed by atoms with Crippen LogP contribution in [0.5, 0.6) is 0 Å². The van der Waals surface area contributed by atoms with Crippen LogP contribution in [0.3, 0.4) is 0 Å². The van der Waals surface area contributed by atoms with Crippen LogP contribution in [0, 0.1) is 5.92 Å². The Morgan fingerprint density at radius 3 is 1.32 bits per heavy atom. The quantitative estimate of drug-likeness (QED) is 0.0705. The maximum Gasteiger partial charge on any atom is 0.305 e. The zero-order chi connectivity index (χ0) is 27.9. The third-order valence-corrected chi connectivity index (χ3v) is 8.28. The van der Waals surface area contributed by atoms with Gasteiger partial charge in [0.05, 0.1) is 12.7 Å². The average Bonchev–Trinajstić information content (AvgIpc) is 2.91. The van der Waals surface area contributed by atoms with Crippen molar-refractivity contribution in [2.75, 3.05) is 6.61 Å². The van der Waals surface area contributed by atoms with Crippen molar-refractivity contribution in [3.8, 4) is 0 Å². The Balaban J connectivity index is 3.87. The lowest BCUT2D eigenvalue weighted by molar-refractivity contribution is -0.144. The summed E-state index contributed by atoms with van der Waals surface area (Å²) in [5.41, 5.74) is 0. The van der Waals surface area contributed by atoms with Crippen LogP contribution < -0.4 is 0 Å². The van der Waals surface area contributed by atoms with Crippen molar-refractivity contribution >= 4 is 5.97 Å². The van der Waals surface area contributed by atoms with Crippen LogP contribution in [0.2, 0.25) is 0 Å². The summed E-state index contributed by atoms with van der Waals surface area (Å²) < 4.78 is 5.63. The summed E-state index contributed by atoms with van der Waals surface area (Å²) in [5.74, 6) is 0.699. The number of unbranched alkanes of at least 4 members (excludes halogenated alkanes) is 18. The molecule has 0 amide bonds. The number of hydrogen-bond acceptors (Lipinski definition) is 3. The van der Waals surface area contributed by atoms with Crippen LogP contribution >= 0.6 is 0 Å². The number of carbonyl (C=O) groups excluding carboxylic acids is 1. The van der Waals surface area contributed by atoms with Crippen LogP contribution in [0.25, 0.3) is 0 Å². The highest BCUT2D eigenvalue weighted by molar-refractivity contribution is 5.69. The SMILES string of the molecule is CCCCCCCCCC(O)CCCCCC(=O)OCCC(CCCCCCCC)CCCCCCCC. The molecule has 228 valence electrons. The van der Waals surface area contributed by atoms with Gasteiger partial charge >= 0.3 is 5.97 Å². The molecule has 0 aliphatic heterocycles. The normalized spacial score (nSPS) is 12.3. The molecule has 3 heteroatoms. The van der Waals surface area contributed by atoms with Crippen molar-refractivity contribution < 1.29 is 14.6 Å². The summed E-state index contributed by atoms with van der Waals surface area (Å²) in [4.78, 5) is 12.2. The predicted molar refractivity (Wildman–Crippen MR) is 167 cm³/mol. The first-order valence-electron chi connectivity index (χ1n) is 17.5. The smallest absolute Gasteiger partial charge is 0.305 e. The Kier molecular flexibility index (Phi) is 30.5. The molecule has 0 aromatic heterocycles. The molecule has 0 radical (unpaired) electrons. The molecule has 0 aromatic carbocycles. The van der Waals surface area contributed by atoms with Gasteiger partial charge in [-0.1, -0.05) is 168 Å². The van der Waals surface area contributed by atoms with Crippen LogP contribution in [0.15, 0.2) is 0 Å². The van der Waals surface area contributed by atoms with Crippen molar-refractivity contribution in [3.63, 3.8) is 0 Å². The van der Waals surface area contributed by atoms with Crippen molar-refractivity contribution in [2.24, 2.45) is 5.92 Å². The van der Waals surface area contributed by atoms with Gasteiger partial charge in [0.1, 0.15) is 0 Å². The van der Waals surface area contributed by atoms with Crippen LogP contribution in [-0.2, 0) is 9.53 Å². The standard InChI is InChI=1S/C35H70O3/c1-4-7-10-13-16-19-23-28-34(36)29-24-20-25-30-35(37)38-32-31-33(26-21-17-14-11-8-5-2)27-22-18-15-12-9-6-3/h33-34,36H,4-32H2,1-3H3. The number of esters is 1. The lowest BCUT2D eigenvalue weighted by Gasteiger charge is -2.17. The van der Waals surface area contributed by atoms with E-state index in [2.05, 4.69) is 20.8 Å². The van der Waals surface area contributed by atoms with E-state index in [0.29, 0.717) is 13.0 Å². The monoisotopic (exact) mass is 539 g/mol. The second kappa shape index (κ2) is 31.0. The third-order valence-electron chi connectivity index (χ3n) is 8.28. The lowest BCUT2D eigenvalue weighted by atomic mass is 9.91. The number of ether oxygens (including phenoxy) is 1. The van der Waals surface area contributed by atoms with Gasteiger partial charge in [-0.2, -0.15) is 0 Å². The molecule has 0 saturated carbocycles. The highest BCUT2D eigenvalue weighted by Crippen LogP contribution is 2.22. The molecule has 0 fully saturated rings. The van der Waals surface area contributed by atoms with Gasteiger partial charge in [-0.25, -0.2) is 0 Å². The first-order chi connectivity index (χ1) is 18.6. The van der Waals surface area contributed by atoms with E-state index >= 15 is 0 Å². The molecule has 0 spiro atoms. The number of aliphatic hydroxyl groups is 1. The van der Waals surface area contributed by atoms with Crippen molar-refractivity contribution in [2.45, 2.75) is 207 Å². The summed E-state index contributed by atoms with van der Waals surface area (Å²) in [6.45, 7) is 7.42. The molecule has 0 heterocycles. The van der Waals surface area contributed by atoms with Gasteiger partial charge in [-0.3, -0.25) is 4.79 Å². The fraction of sp³-hybridized carbons (Fsp3) is 0.971. The zero-order valence-corrected chi connectivity index (χ0v) is 26.4. The number of rotatable bonds is 31. The maximum absolute atomic E-state index is 12.2. The second-order valence-electron chi connectivity index (χ2n) is 12.2. The molecule has 0 aliphatic rings. The molecule has 0 saturated heterocycles. The van der Waals surface area contributed by atoms with E-state index in [1.165, 1.54) is 128 Å². The Labute approximate surface area is 239 Å². The third kappa shape index (κ3) is 28.4. The van der Waals surface area contributed by atoms with Crippen LogP contribution in [0.4, 0.5) is 0 Å². The van der Waals surface area contributed by atoms with Gasteiger partial charge in [-0.05, 0) is 31.6 Å². The topological polar surface area (TPSA) is 46.5 Å². The minimum absolute atomic E-state index is 0.0218. The molecular formula is C35H70O3. The summed E-state index contributed by atoms with van der Waals surface area (Å²) in [6.07, 6.45) is 34.1. The first-order valence-corrected chi connectivity index (χ1v) is 17.5. The van der Waals surface area contributed by atoms with E-state index in [4.69, 9.17) is 4.74 Å². The van der Waals surface area contributed by atoms with E-state index in [1.54, 1.807) is 0 Å². The summed E-state index contributed by atoms with van der Waals surface area (Å²) in [5, 5.41) is 10.2. The van der Waals surface area contributed by atoms with Gasteiger partial charge in [0.2, 0.25) is 0 Å². The van der Waals surface area contributed by atoms with Crippen molar-refractivity contribution in [1.29, 1.82) is 0 Å². The van der Waals surface area contributed by atoms with E-state index in [9.17, 15) is 9.90 Å². The predicted octanol–water partition coefficient (Wildman–Crippen LogP) is 11.5. The van der Waals surface area contributed by atoms with E-state index in [0.717, 1.165) is 50.9 Å². The molecule has 1 atom stereocenters. The number of carbonyl (C=O) groups is 1. The molecule has 0 rings (SSSR count). The Hall–Kier alpha value is -0.570. The van der Waals surface area contributed by atoms with Crippen LogP contribution in [-0.4, -0.2) is 23.8 Å². The fourth-order valence-corrected chi connectivity index (χ4v) is 5.58. The average molecular weight is 539 g/mol. The van der Waals surface area contributed by atoms with Gasteiger partial charge in [0, 0.05) is 6.42 Å². The highest BCUT2D eigenvalue weighted by atomic mass is 16.5. The second-order valence-corrected chi connectivity index (χ2v) is 12.2. The lowest BCUT2D eigenvalue weighted by Crippen LogP contribution is -2.11. The molecule has 0 bridgehead atoms. The molecule has 3 nitrogen and oxygen atoms in total. The summed E-state index contributed by atoms with van der Waals surface area (Å²) in [7, 11) is 0. The van der Waals surface area contributed by atoms with Crippen molar-refractivity contribution in [3.05, 3.63) is 0 Å². The molecule has 1 N–H and O–H groups in total. The highest BCUT2D eigenvalue weighted by Gasteiger charge is 2.11. The minimum Gasteiger partial charge on any atom is -0.466 e. The van der Waals surface area contributed by atoms with Gasteiger partial charge in [-0.15, -0.1) is 0 Å². The van der Waals surface area contributed by atoms with Gasteiger partial charge in [0.25, 0.3) is 0 Å². The number of aliphatic hydroxyl groups excluding tert-OH is 1. The van der Waals surface area contributed by atoms with E-state index < -0.39 is 0 Å². The first kappa shape index (κ1) is 37.4. The fourth-order valence-electron chi connectivity index (χ4n) is 5.58. The van der Waals surface area contributed by atoms with Gasteiger partial charge < -0.3 is 9.84 Å². The largest absolute Gasteiger partial charge is 0.466 e. The Morgan fingerprint density at radius 1 is 0.500 bits per heavy atom. The summed E-state index contributed by atoms with van der Waals surface area (Å²) in [6, 6.07) is 0. The van der Waals surface area contributed by atoms with E-state index in [-0.39, 0.29) is 12.1 Å². The Bertz CT molecular complexity index is 448. The minimum atomic E-state index is -0.159. The molecule has 1 unspecified atom stereocenters. The van der Waals surface area contributed by atoms with E-state index in [1.807, 2.05) is 0 Å². The molecule has 0 aliphatic carbocycles. The molecular weight excluding hydrogens is 468 g/mol. The summed E-state index contributed by atoms with van der Waals surface area (Å²) >= 11 is 0.